The van der Waals surface area contributed by atoms with Crippen molar-refractivity contribution in [3.63, 3.8) is 0 Å². The molecule has 140 valence electrons. The zero-order valence-electron chi connectivity index (χ0n) is 14.9. The highest BCUT2D eigenvalue weighted by Gasteiger charge is 2.18. The van der Waals surface area contributed by atoms with Crippen molar-refractivity contribution in [3.05, 3.63) is 76.1 Å². The molecule has 0 atom stereocenters. The van der Waals surface area contributed by atoms with Gasteiger partial charge in [-0.3, -0.25) is 9.59 Å². The van der Waals surface area contributed by atoms with Crippen LogP contribution in [0.1, 0.15) is 15.9 Å². The van der Waals surface area contributed by atoms with E-state index in [-0.39, 0.29) is 22.6 Å². The molecule has 0 spiro atoms. The lowest BCUT2D eigenvalue weighted by Gasteiger charge is -2.12. The summed E-state index contributed by atoms with van der Waals surface area (Å²) in [5.74, 6) is -0.460. The molecule has 8 heteroatoms. The summed E-state index contributed by atoms with van der Waals surface area (Å²) in [6.07, 6.45) is 0. The van der Waals surface area contributed by atoms with Crippen molar-refractivity contribution in [2.24, 2.45) is 0 Å². The summed E-state index contributed by atoms with van der Waals surface area (Å²) in [7, 11) is -0.783. The minimum atomic E-state index is -3.63. The number of amides is 1. The molecule has 2 aromatic carbocycles. The van der Waals surface area contributed by atoms with Crippen LogP contribution in [0.15, 0.2) is 64.3 Å². The Hall–Kier alpha value is -2.97. The van der Waals surface area contributed by atoms with Crippen LogP contribution in [0.4, 0.5) is 0 Å². The summed E-state index contributed by atoms with van der Waals surface area (Å²) in [6, 6.07) is 14.9. The molecule has 3 aromatic rings. The Labute approximate surface area is 156 Å². The van der Waals surface area contributed by atoms with E-state index in [1.807, 2.05) is 18.2 Å². The van der Waals surface area contributed by atoms with Crippen LogP contribution in [-0.4, -0.2) is 37.7 Å². The average Bonchev–Trinajstić information content (AvgIpc) is 2.66. The molecule has 2 N–H and O–H groups in total. The van der Waals surface area contributed by atoms with Gasteiger partial charge in [0.05, 0.1) is 4.90 Å². The SMILES string of the molecule is CN(C)S(=O)(=O)c1cccc(C(=O)NCc2cc3ccccc3[nH]c2=O)c1. The van der Waals surface area contributed by atoms with Crippen LogP contribution in [0, 0.1) is 0 Å². The summed E-state index contributed by atoms with van der Waals surface area (Å²) in [4.78, 5) is 27.4. The Morgan fingerprint density at radius 3 is 2.56 bits per heavy atom. The number of fused-ring (bicyclic) bond motifs is 1. The van der Waals surface area contributed by atoms with Gasteiger partial charge in [0, 0.05) is 37.3 Å². The van der Waals surface area contributed by atoms with E-state index in [0.29, 0.717) is 5.56 Å². The van der Waals surface area contributed by atoms with Crippen LogP contribution in [0.5, 0.6) is 0 Å². The van der Waals surface area contributed by atoms with Gasteiger partial charge in [0.2, 0.25) is 10.0 Å². The fourth-order valence-corrected chi connectivity index (χ4v) is 3.56. The summed E-state index contributed by atoms with van der Waals surface area (Å²) < 4.78 is 25.5. The molecule has 0 aliphatic heterocycles. The third-order valence-corrected chi connectivity index (χ3v) is 5.96. The summed E-state index contributed by atoms with van der Waals surface area (Å²) >= 11 is 0. The topological polar surface area (TPSA) is 99.3 Å². The first-order valence-electron chi connectivity index (χ1n) is 8.21. The number of sulfonamides is 1. The van der Waals surface area contributed by atoms with Crippen LogP contribution in [0.2, 0.25) is 0 Å². The average molecular weight is 385 g/mol. The van der Waals surface area contributed by atoms with Gasteiger partial charge in [-0.1, -0.05) is 24.3 Å². The molecule has 1 amide bonds. The zero-order chi connectivity index (χ0) is 19.6. The first kappa shape index (κ1) is 18.8. The number of hydrogen-bond acceptors (Lipinski definition) is 4. The normalized spacial score (nSPS) is 11.7. The van der Waals surface area contributed by atoms with Crippen LogP contribution in [0.3, 0.4) is 0 Å². The molecule has 0 bridgehead atoms. The first-order chi connectivity index (χ1) is 12.8. The van der Waals surface area contributed by atoms with Gasteiger partial charge in [-0.25, -0.2) is 12.7 Å². The Balaban J connectivity index is 1.81. The number of hydrogen-bond donors (Lipinski definition) is 2. The highest BCUT2D eigenvalue weighted by Crippen LogP contribution is 2.15. The van der Waals surface area contributed by atoms with E-state index < -0.39 is 15.9 Å². The van der Waals surface area contributed by atoms with Crippen LogP contribution in [-0.2, 0) is 16.6 Å². The van der Waals surface area contributed by atoms with Crippen molar-refractivity contribution in [3.8, 4) is 0 Å². The standard InChI is InChI=1S/C19H19N3O4S/c1-22(2)27(25,26)16-8-5-7-14(11-16)18(23)20-12-15-10-13-6-3-4-9-17(13)21-19(15)24/h3-11H,12H2,1-2H3,(H,20,23)(H,21,24). The number of aromatic nitrogens is 1. The lowest BCUT2D eigenvalue weighted by atomic mass is 10.1. The smallest absolute Gasteiger partial charge is 0.253 e. The number of nitrogens with zero attached hydrogens (tertiary/aromatic N) is 1. The summed E-state index contributed by atoms with van der Waals surface area (Å²) in [5.41, 5.74) is 1.06. The van der Waals surface area contributed by atoms with Gasteiger partial charge in [0.15, 0.2) is 0 Å². The molecule has 0 fully saturated rings. The van der Waals surface area contributed by atoms with Crippen LogP contribution in [0.25, 0.3) is 10.9 Å². The summed E-state index contributed by atoms with van der Waals surface area (Å²) in [5, 5.41) is 3.52. The maximum atomic E-state index is 12.4. The van der Waals surface area contributed by atoms with E-state index >= 15 is 0 Å². The fourth-order valence-electron chi connectivity index (χ4n) is 2.61. The predicted molar refractivity (Wildman–Crippen MR) is 103 cm³/mol. The molecule has 1 heterocycles. The highest BCUT2D eigenvalue weighted by molar-refractivity contribution is 7.89. The highest BCUT2D eigenvalue weighted by atomic mass is 32.2. The minimum Gasteiger partial charge on any atom is -0.348 e. The summed E-state index contributed by atoms with van der Waals surface area (Å²) in [6.45, 7) is 0.0314. The molecule has 0 saturated carbocycles. The van der Waals surface area contributed by atoms with Crippen molar-refractivity contribution in [1.82, 2.24) is 14.6 Å². The fraction of sp³-hybridized carbons (Fsp3) is 0.158. The lowest BCUT2D eigenvalue weighted by Crippen LogP contribution is -2.27. The Bertz CT molecular complexity index is 1170. The molecule has 0 saturated heterocycles. The maximum absolute atomic E-state index is 12.4. The number of aromatic amines is 1. The number of H-pyrrole nitrogens is 1. The molecular formula is C19H19N3O4S. The molecule has 1 aromatic heterocycles. The van der Waals surface area contributed by atoms with Gasteiger partial charge < -0.3 is 10.3 Å². The van der Waals surface area contributed by atoms with Gasteiger partial charge in [-0.2, -0.15) is 0 Å². The molecule has 0 radical (unpaired) electrons. The molecule has 3 rings (SSSR count). The monoisotopic (exact) mass is 385 g/mol. The molecule has 7 nitrogen and oxygen atoms in total. The Morgan fingerprint density at radius 2 is 1.81 bits per heavy atom. The second-order valence-electron chi connectivity index (χ2n) is 6.21. The van der Waals surface area contributed by atoms with Crippen molar-refractivity contribution >= 4 is 26.8 Å². The predicted octanol–water partition coefficient (Wildman–Crippen LogP) is 1.71. The Morgan fingerprint density at radius 1 is 1.07 bits per heavy atom. The number of para-hydroxylation sites is 1. The van der Waals surface area contributed by atoms with Gasteiger partial charge >= 0.3 is 0 Å². The van der Waals surface area contributed by atoms with Gasteiger partial charge in [-0.05, 0) is 35.7 Å². The molecule has 0 aliphatic rings. The molecule has 0 unspecified atom stereocenters. The van der Waals surface area contributed by atoms with E-state index in [1.54, 1.807) is 12.1 Å². The van der Waals surface area contributed by atoms with Gasteiger partial charge in [0.1, 0.15) is 0 Å². The number of carbonyl (C=O) groups excluding carboxylic acids is 1. The Kier molecular flexibility index (Phi) is 5.11. The van der Waals surface area contributed by atoms with E-state index in [0.717, 1.165) is 15.2 Å². The van der Waals surface area contributed by atoms with E-state index in [1.165, 1.54) is 38.4 Å². The minimum absolute atomic E-state index is 0.0312. The van der Waals surface area contributed by atoms with Crippen molar-refractivity contribution in [2.45, 2.75) is 11.4 Å². The molecular weight excluding hydrogens is 366 g/mol. The number of benzene rings is 2. The number of carbonyl (C=O) groups is 1. The van der Waals surface area contributed by atoms with Gasteiger partial charge in [0.25, 0.3) is 11.5 Å². The van der Waals surface area contributed by atoms with Crippen LogP contribution < -0.4 is 10.9 Å². The number of rotatable bonds is 5. The maximum Gasteiger partial charge on any atom is 0.253 e. The van der Waals surface area contributed by atoms with Crippen molar-refractivity contribution < 1.29 is 13.2 Å². The number of nitrogens with one attached hydrogen (secondary N) is 2. The molecule has 0 aliphatic carbocycles. The van der Waals surface area contributed by atoms with Crippen LogP contribution >= 0.6 is 0 Å². The molecule has 27 heavy (non-hydrogen) atoms. The van der Waals surface area contributed by atoms with Crippen molar-refractivity contribution in [2.75, 3.05) is 14.1 Å². The van der Waals surface area contributed by atoms with E-state index in [4.69, 9.17) is 0 Å². The largest absolute Gasteiger partial charge is 0.348 e. The lowest BCUT2D eigenvalue weighted by molar-refractivity contribution is 0.0950. The quantitative estimate of drug-likeness (QED) is 0.698. The van der Waals surface area contributed by atoms with E-state index in [9.17, 15) is 18.0 Å². The van der Waals surface area contributed by atoms with E-state index in [2.05, 4.69) is 10.3 Å². The van der Waals surface area contributed by atoms with Crippen molar-refractivity contribution in [1.29, 1.82) is 0 Å². The van der Waals surface area contributed by atoms with Gasteiger partial charge in [-0.15, -0.1) is 0 Å². The zero-order valence-corrected chi connectivity index (χ0v) is 15.7. The number of pyridine rings is 1. The third kappa shape index (κ3) is 3.91. The first-order valence-corrected chi connectivity index (χ1v) is 9.65. The second kappa shape index (κ2) is 7.34. The second-order valence-corrected chi connectivity index (χ2v) is 8.36. The third-order valence-electron chi connectivity index (χ3n) is 4.14.